The van der Waals surface area contributed by atoms with Gasteiger partial charge in [-0.3, -0.25) is 0 Å². The standard InChI is InChI=1S/C11H12N2O3S/c12-5-6-17(15,16)13-11-9-4-2-1-3-8(9)7-10(11)14/h1-4,10-11,13-14H,6-7H2/t10-,11+/m1/s1. The minimum absolute atomic E-state index is 0.427. The van der Waals surface area contributed by atoms with Crippen molar-refractivity contribution in [2.75, 3.05) is 5.75 Å². The maximum Gasteiger partial charge on any atom is 0.225 e. The lowest BCUT2D eigenvalue weighted by molar-refractivity contribution is 0.151. The molecular formula is C11H12N2O3S. The van der Waals surface area contributed by atoms with Crippen molar-refractivity contribution < 1.29 is 13.5 Å². The lowest BCUT2D eigenvalue weighted by atomic mass is 10.1. The molecule has 0 saturated carbocycles. The van der Waals surface area contributed by atoms with Gasteiger partial charge < -0.3 is 5.11 Å². The van der Waals surface area contributed by atoms with Gasteiger partial charge in [0.2, 0.25) is 10.0 Å². The minimum Gasteiger partial charge on any atom is -0.391 e. The number of benzene rings is 1. The molecule has 17 heavy (non-hydrogen) atoms. The number of sulfonamides is 1. The van der Waals surface area contributed by atoms with Crippen LogP contribution in [0.4, 0.5) is 0 Å². The monoisotopic (exact) mass is 252 g/mol. The van der Waals surface area contributed by atoms with E-state index in [0.717, 1.165) is 11.1 Å². The summed E-state index contributed by atoms with van der Waals surface area (Å²) < 4.78 is 25.4. The molecule has 1 aliphatic carbocycles. The molecule has 6 heteroatoms. The Hall–Kier alpha value is -1.42. The van der Waals surface area contributed by atoms with Crippen LogP contribution >= 0.6 is 0 Å². The Morgan fingerprint density at radius 1 is 1.47 bits per heavy atom. The SMILES string of the molecule is N#CCS(=O)(=O)N[C@H]1c2ccccc2C[C@H]1O. The summed E-state index contributed by atoms with van der Waals surface area (Å²) in [5.41, 5.74) is 1.71. The third-order valence-electron chi connectivity index (χ3n) is 2.77. The second-order valence-corrected chi connectivity index (χ2v) is 5.74. The molecule has 0 amide bonds. The third-order valence-corrected chi connectivity index (χ3v) is 3.89. The molecule has 0 heterocycles. The minimum atomic E-state index is -3.66. The van der Waals surface area contributed by atoms with Gasteiger partial charge in [-0.2, -0.15) is 5.26 Å². The maximum absolute atomic E-state index is 11.5. The molecule has 90 valence electrons. The van der Waals surface area contributed by atoms with Gasteiger partial charge in [0.15, 0.2) is 5.75 Å². The number of aliphatic hydroxyl groups is 1. The summed E-state index contributed by atoms with van der Waals surface area (Å²) >= 11 is 0. The fraction of sp³-hybridized carbons (Fsp3) is 0.364. The van der Waals surface area contributed by atoms with Crippen molar-refractivity contribution in [3.8, 4) is 6.07 Å². The Balaban J connectivity index is 2.26. The van der Waals surface area contributed by atoms with Crippen LogP contribution in [0.5, 0.6) is 0 Å². The Kier molecular flexibility index (Phi) is 3.15. The molecule has 0 bridgehead atoms. The highest BCUT2D eigenvalue weighted by atomic mass is 32.2. The predicted molar refractivity (Wildman–Crippen MR) is 61.4 cm³/mol. The van der Waals surface area contributed by atoms with Crippen LogP contribution in [0.2, 0.25) is 0 Å². The van der Waals surface area contributed by atoms with E-state index in [-0.39, 0.29) is 0 Å². The van der Waals surface area contributed by atoms with Gasteiger partial charge in [-0.1, -0.05) is 24.3 Å². The van der Waals surface area contributed by atoms with Crippen molar-refractivity contribution in [1.82, 2.24) is 4.72 Å². The number of nitriles is 1. The Labute approximate surface area is 99.7 Å². The van der Waals surface area contributed by atoms with Crippen LogP contribution in [0.1, 0.15) is 17.2 Å². The van der Waals surface area contributed by atoms with Crippen molar-refractivity contribution in [3.05, 3.63) is 35.4 Å². The number of fused-ring (bicyclic) bond motifs is 1. The van der Waals surface area contributed by atoms with Crippen molar-refractivity contribution >= 4 is 10.0 Å². The lowest BCUT2D eigenvalue weighted by Crippen LogP contribution is -2.35. The van der Waals surface area contributed by atoms with Crippen LogP contribution in [-0.4, -0.2) is 25.4 Å². The van der Waals surface area contributed by atoms with Crippen LogP contribution in [0.15, 0.2) is 24.3 Å². The highest BCUT2D eigenvalue weighted by molar-refractivity contribution is 7.89. The first kappa shape index (κ1) is 12.0. The van der Waals surface area contributed by atoms with Gasteiger partial charge in [0.1, 0.15) is 0 Å². The summed E-state index contributed by atoms with van der Waals surface area (Å²) in [6, 6.07) is 8.22. The first-order chi connectivity index (χ1) is 8.03. The van der Waals surface area contributed by atoms with E-state index in [1.54, 1.807) is 18.2 Å². The molecule has 1 aliphatic rings. The predicted octanol–water partition coefficient (Wildman–Crippen LogP) is 0.0877. The number of hydrogen-bond donors (Lipinski definition) is 2. The quantitative estimate of drug-likeness (QED) is 0.797. The van der Waals surface area contributed by atoms with E-state index in [1.807, 2.05) is 12.1 Å². The molecule has 0 aromatic heterocycles. The van der Waals surface area contributed by atoms with Gasteiger partial charge in [-0.15, -0.1) is 0 Å². The van der Waals surface area contributed by atoms with Gasteiger partial charge in [0.25, 0.3) is 0 Å². The second kappa shape index (κ2) is 4.45. The topological polar surface area (TPSA) is 90.2 Å². The van der Waals surface area contributed by atoms with Crippen molar-refractivity contribution in [3.63, 3.8) is 0 Å². The average molecular weight is 252 g/mol. The van der Waals surface area contributed by atoms with Crippen molar-refractivity contribution in [1.29, 1.82) is 5.26 Å². The Morgan fingerprint density at radius 2 is 2.18 bits per heavy atom. The number of nitrogens with one attached hydrogen (secondary N) is 1. The number of rotatable bonds is 3. The molecule has 1 aromatic carbocycles. The van der Waals surface area contributed by atoms with E-state index in [4.69, 9.17) is 5.26 Å². The van der Waals surface area contributed by atoms with Gasteiger partial charge in [-0.05, 0) is 11.1 Å². The highest BCUT2D eigenvalue weighted by Gasteiger charge is 2.33. The van der Waals surface area contributed by atoms with E-state index in [1.165, 1.54) is 0 Å². The summed E-state index contributed by atoms with van der Waals surface area (Å²) in [4.78, 5) is 0. The maximum atomic E-state index is 11.5. The van der Waals surface area contributed by atoms with Crippen LogP contribution in [-0.2, 0) is 16.4 Å². The van der Waals surface area contributed by atoms with E-state index in [9.17, 15) is 13.5 Å². The molecular weight excluding hydrogens is 240 g/mol. The summed E-state index contributed by atoms with van der Waals surface area (Å²) in [7, 11) is -3.66. The molecule has 1 aromatic rings. The zero-order valence-corrected chi connectivity index (χ0v) is 9.81. The molecule has 0 fully saturated rings. The Bertz CT molecular complexity index is 562. The number of nitrogens with zero attached hydrogens (tertiary/aromatic N) is 1. The first-order valence-electron chi connectivity index (χ1n) is 5.16. The summed E-state index contributed by atoms with van der Waals surface area (Å²) in [5.74, 6) is -0.599. The Morgan fingerprint density at radius 3 is 2.88 bits per heavy atom. The molecule has 2 N–H and O–H groups in total. The molecule has 0 aliphatic heterocycles. The normalized spacial score (nSPS) is 23.1. The second-order valence-electron chi connectivity index (χ2n) is 3.98. The molecule has 0 radical (unpaired) electrons. The lowest BCUT2D eigenvalue weighted by Gasteiger charge is -2.16. The third kappa shape index (κ3) is 2.47. The zero-order valence-electron chi connectivity index (χ0n) is 9.00. The van der Waals surface area contributed by atoms with Crippen LogP contribution in [0, 0.1) is 11.3 Å². The fourth-order valence-electron chi connectivity index (χ4n) is 2.04. The molecule has 2 atom stereocenters. The van der Waals surface area contributed by atoms with E-state index in [2.05, 4.69) is 4.72 Å². The molecule has 5 nitrogen and oxygen atoms in total. The molecule has 0 spiro atoms. The van der Waals surface area contributed by atoms with Gasteiger partial charge in [0.05, 0.1) is 18.2 Å². The highest BCUT2D eigenvalue weighted by Crippen LogP contribution is 2.31. The van der Waals surface area contributed by atoms with E-state index in [0.29, 0.717) is 6.42 Å². The number of aliphatic hydroxyl groups excluding tert-OH is 1. The summed E-state index contributed by atoms with van der Waals surface area (Å²) in [5, 5.41) is 18.2. The van der Waals surface area contributed by atoms with E-state index >= 15 is 0 Å². The molecule has 2 rings (SSSR count). The van der Waals surface area contributed by atoms with Gasteiger partial charge >= 0.3 is 0 Å². The summed E-state index contributed by atoms with van der Waals surface area (Å²) in [6.07, 6.45) is -0.350. The fourth-order valence-corrected chi connectivity index (χ4v) is 2.96. The van der Waals surface area contributed by atoms with Gasteiger partial charge in [0, 0.05) is 6.42 Å². The van der Waals surface area contributed by atoms with Crippen molar-refractivity contribution in [2.24, 2.45) is 0 Å². The largest absolute Gasteiger partial charge is 0.391 e. The van der Waals surface area contributed by atoms with Crippen LogP contribution < -0.4 is 4.72 Å². The molecule has 0 unspecified atom stereocenters. The van der Waals surface area contributed by atoms with E-state index < -0.39 is 27.9 Å². The van der Waals surface area contributed by atoms with Crippen LogP contribution in [0.3, 0.4) is 0 Å². The number of hydrogen-bond acceptors (Lipinski definition) is 4. The van der Waals surface area contributed by atoms with Crippen LogP contribution in [0.25, 0.3) is 0 Å². The first-order valence-corrected chi connectivity index (χ1v) is 6.81. The molecule has 0 saturated heterocycles. The summed E-state index contributed by atoms with van der Waals surface area (Å²) in [6.45, 7) is 0. The average Bonchev–Trinajstić information content (AvgIpc) is 2.55. The zero-order chi connectivity index (χ0) is 12.5. The smallest absolute Gasteiger partial charge is 0.225 e. The van der Waals surface area contributed by atoms with Gasteiger partial charge in [-0.25, -0.2) is 13.1 Å². The van der Waals surface area contributed by atoms with Crippen molar-refractivity contribution in [2.45, 2.75) is 18.6 Å².